The summed E-state index contributed by atoms with van der Waals surface area (Å²) in [5.41, 5.74) is -0.695. The molecule has 6 heteroatoms. The molecule has 1 aliphatic rings. The van der Waals surface area contributed by atoms with Crippen LogP contribution in [-0.2, 0) is 11.3 Å². The maximum Gasteiger partial charge on any atom is 0.235 e. The van der Waals surface area contributed by atoms with Crippen molar-refractivity contribution in [3.05, 3.63) is 34.0 Å². The molecule has 0 saturated heterocycles. The largest absolute Gasteiger partial charge is 0.337 e. The van der Waals surface area contributed by atoms with Crippen molar-refractivity contribution in [2.45, 2.75) is 50.6 Å². The first-order valence-electron chi connectivity index (χ1n) is 8.37. The average Bonchev–Trinajstić information content (AvgIpc) is 2.82. The lowest BCUT2D eigenvalue weighted by molar-refractivity contribution is -0.123. The molecule has 1 fully saturated rings. The molecule has 1 aromatic rings. The van der Waals surface area contributed by atoms with E-state index in [0.717, 1.165) is 47.7 Å². The van der Waals surface area contributed by atoms with Crippen LogP contribution in [0, 0.1) is 11.3 Å². The number of nitriles is 1. The van der Waals surface area contributed by atoms with Gasteiger partial charge in [0.05, 0.1) is 17.0 Å². The Morgan fingerprint density at radius 3 is 2.67 bits per heavy atom. The molecule has 1 amide bonds. The van der Waals surface area contributed by atoms with E-state index in [-0.39, 0.29) is 12.5 Å². The third-order valence-corrected chi connectivity index (χ3v) is 5.53. The second kappa shape index (κ2) is 9.22. The molecular formula is C18H24ClN3OS. The van der Waals surface area contributed by atoms with Gasteiger partial charge in [-0.05, 0) is 25.0 Å². The van der Waals surface area contributed by atoms with Crippen LogP contribution in [0.25, 0.3) is 0 Å². The Morgan fingerprint density at radius 1 is 1.42 bits per heavy atom. The van der Waals surface area contributed by atoms with Crippen LogP contribution in [0.4, 0.5) is 0 Å². The Hall–Kier alpha value is -1.35. The van der Waals surface area contributed by atoms with Crippen molar-refractivity contribution < 1.29 is 4.79 Å². The van der Waals surface area contributed by atoms with Crippen molar-refractivity contribution in [2.24, 2.45) is 0 Å². The molecule has 2 rings (SSSR count). The van der Waals surface area contributed by atoms with Crippen LogP contribution < -0.4 is 5.32 Å². The van der Waals surface area contributed by atoms with Crippen LogP contribution in [0.5, 0.6) is 0 Å². The topological polar surface area (TPSA) is 56.1 Å². The van der Waals surface area contributed by atoms with E-state index in [0.29, 0.717) is 13.1 Å². The van der Waals surface area contributed by atoms with Gasteiger partial charge in [0.2, 0.25) is 5.91 Å². The highest BCUT2D eigenvalue weighted by Crippen LogP contribution is 2.27. The van der Waals surface area contributed by atoms with Crippen molar-refractivity contribution in [3.8, 4) is 6.07 Å². The summed E-state index contributed by atoms with van der Waals surface area (Å²) >= 11 is 7.49. The summed E-state index contributed by atoms with van der Waals surface area (Å²) < 4.78 is 0.745. The predicted molar refractivity (Wildman–Crippen MR) is 99.0 cm³/mol. The van der Waals surface area contributed by atoms with Crippen molar-refractivity contribution in [1.29, 1.82) is 5.26 Å². The summed E-state index contributed by atoms with van der Waals surface area (Å²) in [4.78, 5) is 15.6. The molecule has 1 aromatic heterocycles. The van der Waals surface area contributed by atoms with Gasteiger partial charge in [-0.2, -0.15) is 5.26 Å². The number of amides is 1. The van der Waals surface area contributed by atoms with E-state index < -0.39 is 5.54 Å². The van der Waals surface area contributed by atoms with Crippen molar-refractivity contribution in [1.82, 2.24) is 10.2 Å². The number of halogens is 1. The standard InChI is InChI=1S/C18H24ClN3OS/c1-2-11-22(12-15-7-8-16(19)24-15)13-17(23)21-18(14-20)9-5-3-4-6-10-18/h2,7-8H,1,3-6,9-13H2,(H,21,23). The first kappa shape index (κ1) is 19.0. The highest BCUT2D eigenvalue weighted by Gasteiger charge is 2.32. The Morgan fingerprint density at radius 2 is 2.12 bits per heavy atom. The molecule has 130 valence electrons. The number of carbonyl (C=O) groups excluding carboxylic acids is 1. The molecule has 0 atom stereocenters. The zero-order chi connectivity index (χ0) is 17.4. The van der Waals surface area contributed by atoms with E-state index in [1.807, 2.05) is 17.0 Å². The molecule has 1 saturated carbocycles. The van der Waals surface area contributed by atoms with E-state index in [1.165, 1.54) is 11.3 Å². The van der Waals surface area contributed by atoms with Crippen molar-refractivity contribution in [3.63, 3.8) is 0 Å². The summed E-state index contributed by atoms with van der Waals surface area (Å²) in [6.07, 6.45) is 7.56. The summed E-state index contributed by atoms with van der Waals surface area (Å²) in [5.74, 6) is -0.0945. The maximum atomic E-state index is 12.5. The molecule has 0 radical (unpaired) electrons. The highest BCUT2D eigenvalue weighted by atomic mass is 35.5. The Kier molecular flexibility index (Phi) is 7.29. The number of nitrogens with zero attached hydrogens (tertiary/aromatic N) is 2. The number of hydrogen-bond donors (Lipinski definition) is 1. The molecule has 0 bridgehead atoms. The molecule has 0 spiro atoms. The number of carbonyl (C=O) groups is 1. The van der Waals surface area contributed by atoms with Crippen LogP contribution in [-0.4, -0.2) is 29.4 Å². The molecule has 0 aliphatic heterocycles. The van der Waals surface area contributed by atoms with E-state index in [1.54, 1.807) is 6.08 Å². The fourth-order valence-electron chi connectivity index (χ4n) is 3.13. The zero-order valence-corrected chi connectivity index (χ0v) is 15.5. The minimum absolute atomic E-state index is 0.0945. The summed E-state index contributed by atoms with van der Waals surface area (Å²) in [6, 6.07) is 6.20. The SMILES string of the molecule is C=CCN(CC(=O)NC1(C#N)CCCCCC1)Cc1ccc(Cl)s1. The molecule has 1 aliphatic carbocycles. The predicted octanol–water partition coefficient (Wildman–Crippen LogP) is 4.12. The van der Waals surface area contributed by atoms with Gasteiger partial charge in [-0.25, -0.2) is 0 Å². The smallest absolute Gasteiger partial charge is 0.235 e. The Labute approximate surface area is 153 Å². The summed E-state index contributed by atoms with van der Waals surface area (Å²) in [6.45, 7) is 5.28. The molecule has 0 unspecified atom stereocenters. The van der Waals surface area contributed by atoms with Gasteiger partial charge in [-0.1, -0.05) is 43.4 Å². The first-order chi connectivity index (χ1) is 11.6. The fourth-order valence-corrected chi connectivity index (χ4v) is 4.26. The molecule has 0 aromatic carbocycles. The van der Waals surface area contributed by atoms with Crippen LogP contribution in [0.2, 0.25) is 4.34 Å². The van der Waals surface area contributed by atoms with Gasteiger partial charge in [0, 0.05) is 18.0 Å². The van der Waals surface area contributed by atoms with E-state index in [4.69, 9.17) is 11.6 Å². The fraction of sp³-hybridized carbons (Fsp3) is 0.556. The van der Waals surface area contributed by atoms with Gasteiger partial charge in [-0.15, -0.1) is 17.9 Å². The monoisotopic (exact) mass is 365 g/mol. The number of thiophene rings is 1. The lowest BCUT2D eigenvalue weighted by Crippen LogP contribution is -2.50. The Balaban J connectivity index is 1.96. The third kappa shape index (κ3) is 5.62. The zero-order valence-electron chi connectivity index (χ0n) is 13.9. The number of rotatable bonds is 7. The normalized spacial score (nSPS) is 17.0. The average molecular weight is 366 g/mol. The third-order valence-electron chi connectivity index (χ3n) is 4.31. The highest BCUT2D eigenvalue weighted by molar-refractivity contribution is 7.16. The van der Waals surface area contributed by atoms with Gasteiger partial charge in [-0.3, -0.25) is 9.69 Å². The van der Waals surface area contributed by atoms with Gasteiger partial charge >= 0.3 is 0 Å². The van der Waals surface area contributed by atoms with Crippen LogP contribution in [0.1, 0.15) is 43.4 Å². The Bertz CT molecular complexity index is 600. The molecular weight excluding hydrogens is 342 g/mol. The maximum absolute atomic E-state index is 12.5. The molecule has 4 nitrogen and oxygen atoms in total. The summed E-state index contributed by atoms with van der Waals surface area (Å²) in [7, 11) is 0. The van der Waals surface area contributed by atoms with Gasteiger partial charge < -0.3 is 5.32 Å². The van der Waals surface area contributed by atoms with Gasteiger partial charge in [0.1, 0.15) is 5.54 Å². The van der Waals surface area contributed by atoms with Crippen molar-refractivity contribution >= 4 is 28.8 Å². The van der Waals surface area contributed by atoms with E-state index >= 15 is 0 Å². The quantitative estimate of drug-likeness (QED) is 0.584. The van der Waals surface area contributed by atoms with Gasteiger partial charge in [0.15, 0.2) is 0 Å². The molecule has 1 heterocycles. The van der Waals surface area contributed by atoms with Crippen LogP contribution in [0.15, 0.2) is 24.8 Å². The number of nitrogens with one attached hydrogen (secondary N) is 1. The van der Waals surface area contributed by atoms with Crippen molar-refractivity contribution in [2.75, 3.05) is 13.1 Å². The van der Waals surface area contributed by atoms with Crippen LogP contribution in [0.3, 0.4) is 0 Å². The van der Waals surface area contributed by atoms with E-state index in [9.17, 15) is 10.1 Å². The second-order valence-electron chi connectivity index (χ2n) is 6.32. The van der Waals surface area contributed by atoms with Crippen LogP contribution >= 0.6 is 22.9 Å². The lowest BCUT2D eigenvalue weighted by atomic mass is 9.92. The minimum Gasteiger partial charge on any atom is -0.337 e. The van der Waals surface area contributed by atoms with E-state index in [2.05, 4.69) is 18.0 Å². The van der Waals surface area contributed by atoms with Gasteiger partial charge in [0.25, 0.3) is 0 Å². The summed E-state index contributed by atoms with van der Waals surface area (Å²) in [5, 5.41) is 12.6. The second-order valence-corrected chi connectivity index (χ2v) is 8.12. The first-order valence-corrected chi connectivity index (χ1v) is 9.56. The number of hydrogen-bond acceptors (Lipinski definition) is 4. The molecule has 24 heavy (non-hydrogen) atoms. The minimum atomic E-state index is -0.695. The molecule has 1 N–H and O–H groups in total. The lowest BCUT2D eigenvalue weighted by Gasteiger charge is -2.28.